The van der Waals surface area contributed by atoms with Gasteiger partial charge in [-0.15, -0.1) is 0 Å². The zero-order valence-corrected chi connectivity index (χ0v) is 8.85. The Morgan fingerprint density at radius 1 is 1.25 bits per heavy atom. The molecule has 0 aliphatic carbocycles. The summed E-state index contributed by atoms with van der Waals surface area (Å²) in [7, 11) is 0. The number of hydrogen-bond acceptors (Lipinski definition) is 4. The molecular formula is C10H9N5O. The summed E-state index contributed by atoms with van der Waals surface area (Å²) in [6.07, 6.45) is 0. The maximum Gasteiger partial charge on any atom is 0.260 e. The van der Waals surface area contributed by atoms with Gasteiger partial charge in [0.2, 0.25) is 0 Å². The van der Waals surface area contributed by atoms with Gasteiger partial charge in [-0.2, -0.15) is 4.52 Å². The van der Waals surface area contributed by atoms with Gasteiger partial charge in [0, 0.05) is 0 Å². The molecule has 3 aromatic rings. The van der Waals surface area contributed by atoms with E-state index in [0.29, 0.717) is 11.2 Å². The Bertz CT molecular complexity index is 755. The van der Waals surface area contributed by atoms with Crippen molar-refractivity contribution in [1.82, 2.24) is 25.0 Å². The molecule has 1 aromatic carbocycles. The van der Waals surface area contributed by atoms with E-state index in [1.807, 2.05) is 26.0 Å². The first-order chi connectivity index (χ1) is 7.68. The molecule has 16 heavy (non-hydrogen) atoms. The lowest BCUT2D eigenvalue weighted by molar-refractivity contribution is 0.838. The van der Waals surface area contributed by atoms with Crippen LogP contribution in [0.2, 0.25) is 0 Å². The fourth-order valence-electron chi connectivity index (χ4n) is 1.94. The number of rotatable bonds is 0. The lowest BCUT2D eigenvalue weighted by atomic mass is 10.1. The summed E-state index contributed by atoms with van der Waals surface area (Å²) in [5, 5.41) is 11.8. The number of nitrogens with zero attached hydrogens (tertiary/aromatic N) is 4. The molecule has 0 saturated heterocycles. The van der Waals surface area contributed by atoms with Gasteiger partial charge >= 0.3 is 0 Å². The number of nitrogens with one attached hydrogen (secondary N) is 1. The van der Waals surface area contributed by atoms with Gasteiger partial charge in [0.05, 0.1) is 10.9 Å². The number of H-pyrrole nitrogens is 1. The molecule has 80 valence electrons. The predicted octanol–water partition coefficient (Wildman–Crippen LogP) is 0.583. The van der Waals surface area contributed by atoms with Gasteiger partial charge in [0.25, 0.3) is 11.3 Å². The SMILES string of the molecule is Cc1ccc(C)c2c1c(=O)[nH]c1nnnn12. The van der Waals surface area contributed by atoms with Crippen LogP contribution >= 0.6 is 0 Å². The Kier molecular flexibility index (Phi) is 1.62. The van der Waals surface area contributed by atoms with Gasteiger partial charge in [-0.1, -0.05) is 17.2 Å². The average molecular weight is 215 g/mol. The van der Waals surface area contributed by atoms with Gasteiger partial charge in [0.1, 0.15) is 0 Å². The van der Waals surface area contributed by atoms with Crippen LogP contribution in [0, 0.1) is 13.8 Å². The van der Waals surface area contributed by atoms with Crippen molar-refractivity contribution in [3.8, 4) is 0 Å². The minimum absolute atomic E-state index is 0.154. The normalized spacial score (nSPS) is 11.4. The van der Waals surface area contributed by atoms with Crippen molar-refractivity contribution in [2.45, 2.75) is 13.8 Å². The lowest BCUT2D eigenvalue weighted by Crippen LogP contribution is -2.12. The third-order valence-corrected chi connectivity index (χ3v) is 2.72. The van der Waals surface area contributed by atoms with Crippen molar-refractivity contribution < 1.29 is 0 Å². The molecule has 0 bridgehead atoms. The predicted molar refractivity (Wildman–Crippen MR) is 58.4 cm³/mol. The first kappa shape index (κ1) is 9.02. The molecule has 0 fully saturated rings. The standard InChI is InChI=1S/C10H9N5O/c1-5-3-4-6(2)8-7(5)9(16)11-10-12-13-14-15(8)10/h3-4H,1-2H3,(H,11,12,14,16). The summed E-state index contributed by atoms with van der Waals surface area (Å²) in [4.78, 5) is 14.6. The van der Waals surface area contributed by atoms with Crippen LogP contribution in [0.1, 0.15) is 11.1 Å². The third kappa shape index (κ3) is 1.01. The minimum Gasteiger partial charge on any atom is -0.289 e. The summed E-state index contributed by atoms with van der Waals surface area (Å²) < 4.78 is 1.55. The van der Waals surface area contributed by atoms with Crippen LogP contribution < -0.4 is 5.56 Å². The van der Waals surface area contributed by atoms with Gasteiger partial charge in [0.15, 0.2) is 0 Å². The molecule has 0 atom stereocenters. The quantitative estimate of drug-likeness (QED) is 0.595. The molecule has 6 heteroatoms. The molecule has 0 aliphatic rings. The number of hydrogen-bond donors (Lipinski definition) is 1. The number of aromatic nitrogens is 5. The van der Waals surface area contributed by atoms with Crippen LogP contribution in [0.3, 0.4) is 0 Å². The van der Waals surface area contributed by atoms with Gasteiger partial charge < -0.3 is 0 Å². The van der Waals surface area contributed by atoms with E-state index in [9.17, 15) is 4.79 Å². The van der Waals surface area contributed by atoms with Crippen LogP contribution in [0.25, 0.3) is 16.7 Å². The summed E-state index contributed by atoms with van der Waals surface area (Å²) >= 11 is 0. The number of tetrazole rings is 1. The van der Waals surface area contributed by atoms with E-state index in [2.05, 4.69) is 20.5 Å². The fraction of sp³-hybridized carbons (Fsp3) is 0.200. The van der Waals surface area contributed by atoms with E-state index in [1.54, 1.807) is 4.52 Å². The second-order valence-electron chi connectivity index (χ2n) is 3.79. The Hall–Kier alpha value is -2.24. The van der Waals surface area contributed by atoms with Crippen LogP contribution in [0.4, 0.5) is 0 Å². The van der Waals surface area contributed by atoms with E-state index < -0.39 is 0 Å². The molecular weight excluding hydrogens is 206 g/mol. The first-order valence-corrected chi connectivity index (χ1v) is 4.89. The highest BCUT2D eigenvalue weighted by atomic mass is 16.1. The van der Waals surface area contributed by atoms with Crippen molar-refractivity contribution >= 4 is 16.7 Å². The van der Waals surface area contributed by atoms with Crippen LogP contribution in [0.5, 0.6) is 0 Å². The first-order valence-electron chi connectivity index (χ1n) is 4.89. The van der Waals surface area contributed by atoms with Crippen LogP contribution in [-0.4, -0.2) is 25.0 Å². The topological polar surface area (TPSA) is 75.9 Å². The minimum atomic E-state index is -0.154. The maximum atomic E-state index is 11.9. The number of aryl methyl sites for hydroxylation is 2. The zero-order valence-electron chi connectivity index (χ0n) is 8.85. The van der Waals surface area contributed by atoms with Crippen molar-refractivity contribution in [1.29, 1.82) is 0 Å². The molecule has 6 nitrogen and oxygen atoms in total. The fourth-order valence-corrected chi connectivity index (χ4v) is 1.94. The largest absolute Gasteiger partial charge is 0.289 e. The number of benzene rings is 1. The number of fused-ring (bicyclic) bond motifs is 3. The van der Waals surface area contributed by atoms with Crippen molar-refractivity contribution in [3.05, 3.63) is 33.6 Å². The molecule has 0 radical (unpaired) electrons. The molecule has 1 N–H and O–H groups in total. The highest BCUT2D eigenvalue weighted by Gasteiger charge is 2.11. The van der Waals surface area contributed by atoms with Crippen molar-refractivity contribution in [2.24, 2.45) is 0 Å². The van der Waals surface area contributed by atoms with Crippen LogP contribution in [0.15, 0.2) is 16.9 Å². The molecule has 0 spiro atoms. The zero-order chi connectivity index (χ0) is 11.3. The highest BCUT2D eigenvalue weighted by Crippen LogP contribution is 2.17. The summed E-state index contributed by atoms with van der Waals surface area (Å²) in [5.41, 5.74) is 2.51. The second kappa shape index (κ2) is 2.88. The molecule has 2 heterocycles. The Morgan fingerprint density at radius 2 is 2.00 bits per heavy atom. The monoisotopic (exact) mass is 215 g/mol. The lowest BCUT2D eigenvalue weighted by Gasteiger charge is -2.05. The van der Waals surface area contributed by atoms with E-state index in [1.165, 1.54) is 0 Å². The molecule has 0 aliphatic heterocycles. The third-order valence-electron chi connectivity index (χ3n) is 2.72. The second-order valence-corrected chi connectivity index (χ2v) is 3.79. The molecule has 0 unspecified atom stereocenters. The van der Waals surface area contributed by atoms with E-state index >= 15 is 0 Å². The Morgan fingerprint density at radius 3 is 2.81 bits per heavy atom. The van der Waals surface area contributed by atoms with Gasteiger partial charge in [-0.25, -0.2) is 0 Å². The van der Waals surface area contributed by atoms with E-state index in [0.717, 1.165) is 16.6 Å². The highest BCUT2D eigenvalue weighted by molar-refractivity contribution is 5.85. The summed E-state index contributed by atoms with van der Waals surface area (Å²) in [6.45, 7) is 3.83. The average Bonchev–Trinajstić information content (AvgIpc) is 2.70. The van der Waals surface area contributed by atoms with Gasteiger partial charge in [-0.05, 0) is 35.4 Å². The van der Waals surface area contributed by atoms with Gasteiger partial charge in [-0.3, -0.25) is 9.78 Å². The van der Waals surface area contributed by atoms with E-state index in [-0.39, 0.29) is 5.56 Å². The Balaban J connectivity index is 2.77. The van der Waals surface area contributed by atoms with Crippen molar-refractivity contribution in [3.63, 3.8) is 0 Å². The summed E-state index contributed by atoms with van der Waals surface area (Å²) in [5.74, 6) is 0.367. The van der Waals surface area contributed by atoms with E-state index in [4.69, 9.17) is 0 Å². The molecule has 0 amide bonds. The smallest absolute Gasteiger partial charge is 0.260 e. The van der Waals surface area contributed by atoms with Crippen LogP contribution in [-0.2, 0) is 0 Å². The molecule has 0 saturated carbocycles. The maximum absolute atomic E-state index is 11.9. The molecule has 3 rings (SSSR count). The summed E-state index contributed by atoms with van der Waals surface area (Å²) in [6, 6.07) is 3.88. The molecule has 2 aromatic heterocycles. The Labute approximate surface area is 89.9 Å². The number of aromatic amines is 1. The van der Waals surface area contributed by atoms with Crippen molar-refractivity contribution in [2.75, 3.05) is 0 Å².